The van der Waals surface area contributed by atoms with Gasteiger partial charge in [0.05, 0.1) is 5.56 Å². The summed E-state index contributed by atoms with van der Waals surface area (Å²) in [5, 5.41) is 12.5. The van der Waals surface area contributed by atoms with Crippen molar-refractivity contribution in [1.29, 1.82) is 0 Å². The van der Waals surface area contributed by atoms with Gasteiger partial charge in [0.25, 0.3) is 5.91 Å². The molecule has 0 spiro atoms. The highest BCUT2D eigenvalue weighted by molar-refractivity contribution is 9.10. The van der Waals surface area contributed by atoms with Gasteiger partial charge in [-0.15, -0.1) is 0 Å². The van der Waals surface area contributed by atoms with Gasteiger partial charge in [-0.05, 0) is 77.7 Å². The lowest BCUT2D eigenvalue weighted by Crippen LogP contribution is -2.13. The van der Waals surface area contributed by atoms with E-state index < -0.39 is 0 Å². The molecule has 0 heterocycles. The minimum absolute atomic E-state index is 0.176. The molecule has 2 rings (SSSR count). The van der Waals surface area contributed by atoms with E-state index in [1.807, 2.05) is 26.0 Å². The number of aromatic hydroxyl groups is 1. The lowest BCUT2D eigenvalue weighted by atomic mass is 10.1. The van der Waals surface area contributed by atoms with E-state index in [2.05, 4.69) is 21.2 Å². The molecule has 104 valence electrons. The van der Waals surface area contributed by atoms with Gasteiger partial charge in [-0.25, -0.2) is 0 Å². The van der Waals surface area contributed by atoms with Crippen LogP contribution in [0.5, 0.6) is 5.75 Å². The fourth-order valence-corrected chi connectivity index (χ4v) is 2.60. The number of hydrogen-bond acceptors (Lipinski definition) is 2. The SMILES string of the molecule is Cc1ccc(C(=O)Nc2cc(C)c(O)cc2C)c(Br)c1. The van der Waals surface area contributed by atoms with Gasteiger partial charge in [0.2, 0.25) is 0 Å². The van der Waals surface area contributed by atoms with Gasteiger partial charge in [-0.2, -0.15) is 0 Å². The van der Waals surface area contributed by atoms with E-state index in [1.54, 1.807) is 25.1 Å². The molecule has 0 saturated heterocycles. The lowest BCUT2D eigenvalue weighted by Gasteiger charge is -2.11. The van der Waals surface area contributed by atoms with Gasteiger partial charge in [0.15, 0.2) is 0 Å². The molecular formula is C16H16BrNO2. The molecule has 0 atom stereocenters. The van der Waals surface area contributed by atoms with E-state index in [-0.39, 0.29) is 11.7 Å². The van der Waals surface area contributed by atoms with Crippen molar-refractivity contribution in [1.82, 2.24) is 0 Å². The summed E-state index contributed by atoms with van der Waals surface area (Å²) >= 11 is 3.40. The second-order valence-electron chi connectivity index (χ2n) is 4.89. The number of benzene rings is 2. The highest BCUT2D eigenvalue weighted by Crippen LogP contribution is 2.26. The summed E-state index contributed by atoms with van der Waals surface area (Å²) in [6.45, 7) is 5.62. The smallest absolute Gasteiger partial charge is 0.256 e. The van der Waals surface area contributed by atoms with Gasteiger partial charge in [0, 0.05) is 10.2 Å². The normalized spacial score (nSPS) is 10.4. The van der Waals surface area contributed by atoms with Gasteiger partial charge >= 0.3 is 0 Å². The first kappa shape index (κ1) is 14.6. The van der Waals surface area contributed by atoms with Crippen molar-refractivity contribution in [3.63, 3.8) is 0 Å². The summed E-state index contributed by atoms with van der Waals surface area (Å²) in [6, 6.07) is 9.01. The van der Waals surface area contributed by atoms with E-state index in [4.69, 9.17) is 0 Å². The summed E-state index contributed by atoms with van der Waals surface area (Å²) in [7, 11) is 0. The van der Waals surface area contributed by atoms with Crippen LogP contribution in [0.4, 0.5) is 5.69 Å². The number of nitrogens with one attached hydrogen (secondary N) is 1. The van der Waals surface area contributed by atoms with Gasteiger partial charge < -0.3 is 10.4 Å². The Morgan fingerprint density at radius 1 is 1.10 bits per heavy atom. The topological polar surface area (TPSA) is 49.3 Å². The van der Waals surface area contributed by atoms with Crippen molar-refractivity contribution in [3.05, 3.63) is 57.1 Å². The summed E-state index contributed by atoms with van der Waals surface area (Å²) in [5.74, 6) is 0.0575. The highest BCUT2D eigenvalue weighted by Gasteiger charge is 2.12. The van der Waals surface area contributed by atoms with Crippen LogP contribution in [-0.2, 0) is 0 Å². The summed E-state index contributed by atoms with van der Waals surface area (Å²) < 4.78 is 0.767. The second kappa shape index (κ2) is 5.67. The lowest BCUT2D eigenvalue weighted by molar-refractivity contribution is 0.102. The number of phenolic OH excluding ortho intramolecular Hbond substituents is 1. The number of hydrogen-bond donors (Lipinski definition) is 2. The van der Waals surface area contributed by atoms with Crippen LogP contribution >= 0.6 is 15.9 Å². The second-order valence-corrected chi connectivity index (χ2v) is 5.75. The predicted octanol–water partition coefficient (Wildman–Crippen LogP) is 4.33. The maximum absolute atomic E-state index is 12.3. The molecule has 0 radical (unpaired) electrons. The Bertz CT molecular complexity index is 680. The van der Waals surface area contributed by atoms with E-state index in [1.165, 1.54) is 0 Å². The van der Waals surface area contributed by atoms with Gasteiger partial charge in [-0.3, -0.25) is 4.79 Å². The third kappa shape index (κ3) is 3.02. The molecule has 0 unspecified atom stereocenters. The Morgan fingerprint density at radius 2 is 1.80 bits per heavy atom. The zero-order valence-electron chi connectivity index (χ0n) is 11.6. The number of carbonyl (C=O) groups excluding carboxylic acids is 1. The van der Waals surface area contributed by atoms with E-state index >= 15 is 0 Å². The third-order valence-corrected chi connectivity index (χ3v) is 3.82. The molecule has 2 aromatic rings. The van der Waals surface area contributed by atoms with Crippen LogP contribution in [0.15, 0.2) is 34.8 Å². The molecule has 2 aromatic carbocycles. The molecule has 0 saturated carbocycles. The fourth-order valence-electron chi connectivity index (χ4n) is 1.93. The molecule has 0 aliphatic rings. The zero-order chi connectivity index (χ0) is 14.9. The zero-order valence-corrected chi connectivity index (χ0v) is 13.2. The maximum atomic E-state index is 12.3. The number of aryl methyl sites for hydroxylation is 3. The van der Waals surface area contributed by atoms with Crippen LogP contribution in [0, 0.1) is 20.8 Å². The maximum Gasteiger partial charge on any atom is 0.256 e. The average Bonchev–Trinajstić information content (AvgIpc) is 2.35. The molecule has 4 heteroatoms. The monoisotopic (exact) mass is 333 g/mol. The summed E-state index contributed by atoms with van der Waals surface area (Å²) in [6.07, 6.45) is 0. The Morgan fingerprint density at radius 3 is 2.45 bits per heavy atom. The first-order chi connectivity index (χ1) is 9.38. The molecule has 1 amide bonds. The number of rotatable bonds is 2. The largest absolute Gasteiger partial charge is 0.508 e. The molecule has 0 bridgehead atoms. The van der Waals surface area contributed by atoms with E-state index in [0.717, 1.165) is 21.2 Å². The summed E-state index contributed by atoms with van der Waals surface area (Å²) in [4.78, 5) is 12.3. The van der Waals surface area contributed by atoms with Crippen molar-refractivity contribution in [2.24, 2.45) is 0 Å². The van der Waals surface area contributed by atoms with Crippen LogP contribution in [-0.4, -0.2) is 11.0 Å². The number of amides is 1. The molecular weight excluding hydrogens is 318 g/mol. The third-order valence-electron chi connectivity index (χ3n) is 3.16. The first-order valence-corrected chi connectivity index (χ1v) is 7.05. The molecule has 0 aliphatic heterocycles. The molecule has 0 aromatic heterocycles. The summed E-state index contributed by atoms with van der Waals surface area (Å²) in [5.41, 5.74) is 3.93. The molecule has 2 N–H and O–H groups in total. The molecule has 3 nitrogen and oxygen atoms in total. The van der Waals surface area contributed by atoms with Gasteiger partial charge in [0.1, 0.15) is 5.75 Å². The average molecular weight is 334 g/mol. The minimum atomic E-state index is -0.176. The van der Waals surface area contributed by atoms with Crippen LogP contribution in [0.2, 0.25) is 0 Å². The number of carbonyl (C=O) groups is 1. The van der Waals surface area contributed by atoms with Gasteiger partial charge in [-0.1, -0.05) is 6.07 Å². The predicted molar refractivity (Wildman–Crippen MR) is 84.4 cm³/mol. The van der Waals surface area contributed by atoms with Crippen molar-refractivity contribution < 1.29 is 9.90 Å². The van der Waals surface area contributed by atoms with E-state index in [9.17, 15) is 9.90 Å². The molecule has 0 aliphatic carbocycles. The molecule has 0 fully saturated rings. The Balaban J connectivity index is 2.30. The van der Waals surface area contributed by atoms with Crippen molar-refractivity contribution in [3.8, 4) is 5.75 Å². The minimum Gasteiger partial charge on any atom is -0.508 e. The number of phenols is 1. The van der Waals surface area contributed by atoms with Crippen LogP contribution < -0.4 is 5.32 Å². The fraction of sp³-hybridized carbons (Fsp3) is 0.188. The van der Waals surface area contributed by atoms with E-state index in [0.29, 0.717) is 11.3 Å². The Kier molecular flexibility index (Phi) is 4.14. The Hall–Kier alpha value is -1.81. The first-order valence-electron chi connectivity index (χ1n) is 6.26. The van der Waals surface area contributed by atoms with Crippen molar-refractivity contribution in [2.75, 3.05) is 5.32 Å². The number of anilines is 1. The highest BCUT2D eigenvalue weighted by atomic mass is 79.9. The number of halogens is 1. The van der Waals surface area contributed by atoms with Crippen molar-refractivity contribution >= 4 is 27.5 Å². The quantitative estimate of drug-likeness (QED) is 0.803. The van der Waals surface area contributed by atoms with Crippen LogP contribution in [0.3, 0.4) is 0 Å². The molecule has 20 heavy (non-hydrogen) atoms. The van der Waals surface area contributed by atoms with Crippen LogP contribution in [0.1, 0.15) is 27.0 Å². The van der Waals surface area contributed by atoms with Crippen molar-refractivity contribution in [2.45, 2.75) is 20.8 Å². The standard InChI is InChI=1S/C16H16BrNO2/c1-9-4-5-12(13(17)6-9)16(20)18-14-7-11(3)15(19)8-10(14)2/h4-8,19H,1-3H3,(H,18,20). The Labute approximate surface area is 126 Å². The van der Waals surface area contributed by atoms with Crippen LogP contribution in [0.25, 0.3) is 0 Å².